The Balaban J connectivity index is 1.86. The molecule has 1 heterocycles. The Bertz CT molecular complexity index is 655. The van der Waals surface area contributed by atoms with Crippen molar-refractivity contribution in [3.05, 3.63) is 47.4 Å². The van der Waals surface area contributed by atoms with Crippen LogP contribution in [0.3, 0.4) is 0 Å². The molecule has 124 valence electrons. The molecule has 2 amide bonds. The Morgan fingerprint density at radius 3 is 2.74 bits per heavy atom. The fourth-order valence-corrected chi connectivity index (χ4v) is 2.17. The molecule has 1 atom stereocenters. The quantitative estimate of drug-likeness (QED) is 0.764. The van der Waals surface area contributed by atoms with E-state index in [1.807, 2.05) is 6.07 Å². The highest BCUT2D eigenvalue weighted by Gasteiger charge is 2.11. The van der Waals surface area contributed by atoms with E-state index < -0.39 is 12.1 Å². The van der Waals surface area contributed by atoms with Crippen LogP contribution in [0.2, 0.25) is 0 Å². The maximum absolute atomic E-state index is 12.8. The number of benzene rings is 1. The van der Waals surface area contributed by atoms with E-state index in [0.717, 1.165) is 18.5 Å². The van der Waals surface area contributed by atoms with Crippen molar-refractivity contribution < 1.29 is 14.3 Å². The second-order valence-corrected chi connectivity index (χ2v) is 5.30. The van der Waals surface area contributed by atoms with Gasteiger partial charge in [-0.2, -0.15) is 5.10 Å². The molecule has 2 rings (SSSR count). The van der Waals surface area contributed by atoms with Gasteiger partial charge in [0.2, 0.25) is 0 Å². The molecule has 0 aliphatic rings. The molecular weight excluding hydrogens is 299 g/mol. The zero-order chi connectivity index (χ0) is 16.8. The number of aliphatic hydroxyl groups excluding tert-OH is 1. The number of amides is 2. The smallest absolute Gasteiger partial charge is 0.320 e. The first-order valence-electron chi connectivity index (χ1n) is 7.51. The predicted octanol–water partition coefficient (Wildman–Crippen LogP) is 2.37. The number of nitrogens with zero attached hydrogens (tertiary/aromatic N) is 2. The molecule has 1 aromatic heterocycles. The number of anilines is 1. The number of aryl methyl sites for hydroxylation is 2. The molecule has 0 bridgehead atoms. The van der Waals surface area contributed by atoms with Crippen LogP contribution in [0.1, 0.15) is 30.7 Å². The summed E-state index contributed by atoms with van der Waals surface area (Å²) in [5.41, 5.74) is 1.45. The van der Waals surface area contributed by atoms with Crippen molar-refractivity contribution in [1.29, 1.82) is 0 Å². The summed E-state index contributed by atoms with van der Waals surface area (Å²) in [7, 11) is 1.75. The van der Waals surface area contributed by atoms with Gasteiger partial charge >= 0.3 is 6.03 Å². The Morgan fingerprint density at radius 2 is 2.09 bits per heavy atom. The molecule has 1 unspecified atom stereocenters. The number of halogens is 1. The SMILES string of the molecule is CCCc1cc(NC(=O)NCC(O)c2ccc(F)cc2)n(C)n1. The van der Waals surface area contributed by atoms with E-state index >= 15 is 0 Å². The summed E-state index contributed by atoms with van der Waals surface area (Å²) < 4.78 is 14.4. The van der Waals surface area contributed by atoms with Crippen LogP contribution in [-0.4, -0.2) is 27.5 Å². The third-order valence-electron chi connectivity index (χ3n) is 3.39. The summed E-state index contributed by atoms with van der Waals surface area (Å²) in [6, 6.07) is 6.89. The van der Waals surface area contributed by atoms with Gasteiger partial charge in [-0.3, -0.25) is 10.00 Å². The van der Waals surface area contributed by atoms with E-state index in [1.165, 1.54) is 24.3 Å². The van der Waals surface area contributed by atoms with Crippen molar-refractivity contribution in [2.24, 2.45) is 7.05 Å². The Hall–Kier alpha value is -2.41. The lowest BCUT2D eigenvalue weighted by Crippen LogP contribution is -2.33. The molecule has 0 aliphatic heterocycles. The number of carbonyl (C=O) groups is 1. The summed E-state index contributed by atoms with van der Waals surface area (Å²) in [5.74, 6) is 0.216. The Kier molecular flexibility index (Phi) is 5.70. The number of urea groups is 1. The third-order valence-corrected chi connectivity index (χ3v) is 3.39. The van der Waals surface area contributed by atoms with E-state index in [9.17, 15) is 14.3 Å². The first kappa shape index (κ1) is 17.0. The maximum atomic E-state index is 12.8. The highest BCUT2D eigenvalue weighted by atomic mass is 19.1. The van der Waals surface area contributed by atoms with Crippen LogP contribution in [0.25, 0.3) is 0 Å². The summed E-state index contributed by atoms with van der Waals surface area (Å²) >= 11 is 0. The molecule has 23 heavy (non-hydrogen) atoms. The summed E-state index contributed by atoms with van der Waals surface area (Å²) in [4.78, 5) is 11.9. The van der Waals surface area contributed by atoms with Crippen LogP contribution >= 0.6 is 0 Å². The van der Waals surface area contributed by atoms with E-state index in [-0.39, 0.29) is 12.4 Å². The molecule has 0 saturated heterocycles. The lowest BCUT2D eigenvalue weighted by atomic mass is 10.1. The van der Waals surface area contributed by atoms with Crippen LogP contribution < -0.4 is 10.6 Å². The van der Waals surface area contributed by atoms with Crippen molar-refractivity contribution in [1.82, 2.24) is 15.1 Å². The highest BCUT2D eigenvalue weighted by Crippen LogP contribution is 2.13. The zero-order valence-electron chi connectivity index (χ0n) is 13.2. The minimum absolute atomic E-state index is 0.0249. The fourth-order valence-electron chi connectivity index (χ4n) is 2.17. The minimum Gasteiger partial charge on any atom is -0.387 e. The molecule has 0 radical (unpaired) electrons. The molecular formula is C16H21FN4O2. The number of aromatic nitrogens is 2. The minimum atomic E-state index is -0.900. The Morgan fingerprint density at radius 1 is 1.39 bits per heavy atom. The largest absolute Gasteiger partial charge is 0.387 e. The first-order chi connectivity index (χ1) is 11.0. The third kappa shape index (κ3) is 4.79. The van der Waals surface area contributed by atoms with Crippen molar-refractivity contribution in [3.8, 4) is 0 Å². The monoisotopic (exact) mass is 320 g/mol. The second kappa shape index (κ2) is 7.73. The number of carbonyl (C=O) groups excluding carboxylic acids is 1. The number of aliphatic hydroxyl groups is 1. The van der Waals surface area contributed by atoms with Crippen LogP contribution in [0.5, 0.6) is 0 Å². The van der Waals surface area contributed by atoms with Crippen molar-refractivity contribution >= 4 is 11.8 Å². The van der Waals surface area contributed by atoms with Gasteiger partial charge in [-0.1, -0.05) is 25.5 Å². The van der Waals surface area contributed by atoms with Gasteiger partial charge in [-0.15, -0.1) is 0 Å². The van der Waals surface area contributed by atoms with Gasteiger partial charge in [0.1, 0.15) is 11.6 Å². The normalized spacial score (nSPS) is 12.0. The predicted molar refractivity (Wildman–Crippen MR) is 85.6 cm³/mol. The topological polar surface area (TPSA) is 79.2 Å². The van der Waals surface area contributed by atoms with E-state index in [2.05, 4.69) is 22.7 Å². The Labute approximate surface area is 134 Å². The molecule has 1 aromatic carbocycles. The molecule has 0 fully saturated rings. The van der Waals surface area contributed by atoms with Gasteiger partial charge in [0, 0.05) is 19.7 Å². The standard InChI is InChI=1S/C16H21FN4O2/c1-3-4-13-9-15(21(2)20-13)19-16(23)18-10-14(22)11-5-7-12(17)8-6-11/h5-9,14,22H,3-4,10H2,1-2H3,(H2,18,19,23). The van der Waals surface area contributed by atoms with Crippen LogP contribution in [0, 0.1) is 5.82 Å². The number of rotatable bonds is 6. The van der Waals surface area contributed by atoms with Crippen LogP contribution in [-0.2, 0) is 13.5 Å². The van der Waals surface area contributed by atoms with E-state index in [4.69, 9.17) is 0 Å². The van der Waals surface area contributed by atoms with Gasteiger partial charge in [0.25, 0.3) is 0 Å². The molecule has 3 N–H and O–H groups in total. The molecule has 7 heteroatoms. The van der Waals surface area contributed by atoms with Gasteiger partial charge in [-0.25, -0.2) is 9.18 Å². The van der Waals surface area contributed by atoms with E-state index in [1.54, 1.807) is 11.7 Å². The van der Waals surface area contributed by atoms with Crippen molar-refractivity contribution in [2.75, 3.05) is 11.9 Å². The summed E-state index contributed by atoms with van der Waals surface area (Å²) in [5, 5.41) is 19.5. The molecule has 0 saturated carbocycles. The molecule has 0 spiro atoms. The lowest BCUT2D eigenvalue weighted by Gasteiger charge is -2.13. The summed E-state index contributed by atoms with van der Waals surface area (Å²) in [6.45, 7) is 2.09. The lowest BCUT2D eigenvalue weighted by molar-refractivity contribution is 0.175. The van der Waals surface area contributed by atoms with Gasteiger partial charge in [0.05, 0.1) is 11.8 Å². The number of nitrogens with one attached hydrogen (secondary N) is 2. The number of hydrogen-bond acceptors (Lipinski definition) is 3. The highest BCUT2D eigenvalue weighted by molar-refractivity contribution is 5.88. The average molecular weight is 320 g/mol. The molecule has 2 aromatic rings. The molecule has 0 aliphatic carbocycles. The molecule has 6 nitrogen and oxygen atoms in total. The van der Waals surface area contributed by atoms with Crippen molar-refractivity contribution in [2.45, 2.75) is 25.9 Å². The van der Waals surface area contributed by atoms with Crippen LogP contribution in [0.15, 0.2) is 30.3 Å². The zero-order valence-corrected chi connectivity index (χ0v) is 13.2. The first-order valence-corrected chi connectivity index (χ1v) is 7.51. The maximum Gasteiger partial charge on any atom is 0.320 e. The van der Waals surface area contributed by atoms with Crippen molar-refractivity contribution in [3.63, 3.8) is 0 Å². The van der Waals surface area contributed by atoms with Gasteiger partial charge in [0.15, 0.2) is 0 Å². The van der Waals surface area contributed by atoms with Crippen LogP contribution in [0.4, 0.5) is 15.0 Å². The van der Waals surface area contributed by atoms with Gasteiger partial charge < -0.3 is 10.4 Å². The number of hydrogen-bond donors (Lipinski definition) is 3. The second-order valence-electron chi connectivity index (χ2n) is 5.30. The fraction of sp³-hybridized carbons (Fsp3) is 0.375. The average Bonchev–Trinajstić information content (AvgIpc) is 2.85. The van der Waals surface area contributed by atoms with E-state index in [0.29, 0.717) is 11.4 Å². The van der Waals surface area contributed by atoms with Gasteiger partial charge in [-0.05, 0) is 24.1 Å². The summed E-state index contributed by atoms with van der Waals surface area (Å²) in [6.07, 6.45) is 0.927.